The number of piperidine rings is 1. The first-order chi connectivity index (χ1) is 15.2. The van der Waals surface area contributed by atoms with Crippen molar-refractivity contribution in [1.82, 2.24) is 9.62 Å². The van der Waals surface area contributed by atoms with Crippen molar-refractivity contribution in [1.29, 1.82) is 5.26 Å². The van der Waals surface area contributed by atoms with Crippen molar-refractivity contribution in [2.24, 2.45) is 5.92 Å². The van der Waals surface area contributed by atoms with Crippen molar-refractivity contribution in [2.45, 2.75) is 44.6 Å². The summed E-state index contributed by atoms with van der Waals surface area (Å²) in [6, 6.07) is 14.7. The SMILES string of the molecule is Cc1cc(C)c(S(=O)(=O)NCC2CCN(C(=O)OC(C#N)c3ccccc3)CC2)c(C)c1. The number of hydrogen-bond acceptors (Lipinski definition) is 5. The van der Waals surface area contributed by atoms with Crippen molar-refractivity contribution >= 4 is 16.1 Å². The van der Waals surface area contributed by atoms with Gasteiger partial charge in [-0.25, -0.2) is 17.9 Å². The first-order valence-electron chi connectivity index (χ1n) is 10.7. The van der Waals surface area contributed by atoms with Crippen LogP contribution in [0.5, 0.6) is 0 Å². The van der Waals surface area contributed by atoms with Crippen molar-refractivity contribution < 1.29 is 17.9 Å². The van der Waals surface area contributed by atoms with Gasteiger partial charge >= 0.3 is 6.09 Å². The predicted molar refractivity (Wildman–Crippen MR) is 121 cm³/mol. The second-order valence-electron chi connectivity index (χ2n) is 8.31. The molecule has 1 amide bonds. The lowest BCUT2D eigenvalue weighted by atomic mass is 9.97. The number of amides is 1. The molecule has 0 saturated carbocycles. The van der Waals surface area contributed by atoms with Crippen LogP contribution in [0.15, 0.2) is 47.4 Å². The standard InChI is InChI=1S/C24H29N3O4S/c1-17-13-18(2)23(19(3)14-17)32(29,30)26-16-20-9-11-27(12-10-20)24(28)31-22(15-25)21-7-5-4-6-8-21/h4-8,13-14,20,22,26H,9-12,16H2,1-3H3. The summed E-state index contributed by atoms with van der Waals surface area (Å²) in [4.78, 5) is 14.4. The van der Waals surface area contributed by atoms with Crippen LogP contribution >= 0.6 is 0 Å². The van der Waals surface area contributed by atoms with Crippen LogP contribution in [0.1, 0.15) is 41.2 Å². The Hall–Kier alpha value is -2.89. The highest BCUT2D eigenvalue weighted by atomic mass is 32.2. The lowest BCUT2D eigenvalue weighted by Crippen LogP contribution is -2.42. The Labute approximate surface area is 190 Å². The summed E-state index contributed by atoms with van der Waals surface area (Å²) < 4.78 is 33.9. The van der Waals surface area contributed by atoms with E-state index in [1.54, 1.807) is 29.2 Å². The van der Waals surface area contributed by atoms with E-state index in [2.05, 4.69) is 4.72 Å². The lowest BCUT2D eigenvalue weighted by Gasteiger charge is -2.32. The summed E-state index contributed by atoms with van der Waals surface area (Å²) in [5.74, 6) is 0.126. The van der Waals surface area contributed by atoms with Crippen molar-refractivity contribution in [2.75, 3.05) is 19.6 Å². The number of nitrogens with zero attached hydrogens (tertiary/aromatic N) is 2. The molecule has 1 N–H and O–H groups in total. The molecule has 0 bridgehead atoms. The zero-order valence-electron chi connectivity index (χ0n) is 18.7. The van der Waals surface area contributed by atoms with Crippen molar-refractivity contribution in [3.63, 3.8) is 0 Å². The van der Waals surface area contributed by atoms with E-state index in [0.717, 1.165) is 16.7 Å². The van der Waals surface area contributed by atoms with Gasteiger partial charge in [0, 0.05) is 25.2 Å². The second-order valence-corrected chi connectivity index (χ2v) is 10.0. The third kappa shape index (κ3) is 5.67. The Morgan fingerprint density at radius 1 is 1.16 bits per heavy atom. The van der Waals surface area contributed by atoms with Gasteiger partial charge in [0.15, 0.2) is 0 Å². The van der Waals surface area contributed by atoms with Crippen LogP contribution in [0, 0.1) is 38.0 Å². The molecule has 0 radical (unpaired) electrons. The molecule has 32 heavy (non-hydrogen) atoms. The van der Waals surface area contributed by atoms with E-state index in [1.807, 2.05) is 45.0 Å². The van der Waals surface area contributed by atoms with E-state index < -0.39 is 22.2 Å². The van der Waals surface area contributed by atoms with Gasteiger partial charge in [0.2, 0.25) is 16.1 Å². The topological polar surface area (TPSA) is 99.5 Å². The Kier molecular flexibility index (Phi) is 7.54. The molecule has 2 aromatic carbocycles. The van der Waals surface area contributed by atoms with Gasteiger partial charge in [0.05, 0.1) is 4.90 Å². The number of carbonyl (C=O) groups is 1. The third-order valence-corrected chi connectivity index (χ3v) is 7.47. The molecule has 3 rings (SSSR count). The fourth-order valence-electron chi connectivity index (χ4n) is 4.18. The van der Waals surface area contributed by atoms with Crippen LogP contribution in [0.2, 0.25) is 0 Å². The molecule has 1 saturated heterocycles. The zero-order chi connectivity index (χ0) is 23.3. The summed E-state index contributed by atoms with van der Waals surface area (Å²) in [7, 11) is -3.61. The molecule has 0 aromatic heterocycles. The van der Waals surface area contributed by atoms with Gasteiger partial charge in [-0.2, -0.15) is 5.26 Å². The molecule has 0 spiro atoms. The smallest absolute Gasteiger partial charge is 0.411 e. The maximum absolute atomic E-state index is 12.9. The highest BCUT2D eigenvalue weighted by Crippen LogP contribution is 2.24. The largest absolute Gasteiger partial charge is 0.426 e. The van der Waals surface area contributed by atoms with Crippen LogP contribution in [-0.2, 0) is 14.8 Å². The Balaban J connectivity index is 1.53. The van der Waals surface area contributed by atoms with Gasteiger partial charge in [0.1, 0.15) is 6.07 Å². The van der Waals surface area contributed by atoms with Gasteiger partial charge in [-0.05, 0) is 50.7 Å². The number of rotatable bonds is 6. The molecule has 7 nitrogen and oxygen atoms in total. The molecule has 170 valence electrons. The van der Waals surface area contributed by atoms with E-state index in [-0.39, 0.29) is 5.92 Å². The molecule has 1 unspecified atom stereocenters. The summed E-state index contributed by atoms with van der Waals surface area (Å²) in [6.07, 6.45) is -0.155. The minimum absolute atomic E-state index is 0.126. The molecular weight excluding hydrogens is 426 g/mol. The summed E-state index contributed by atoms with van der Waals surface area (Å²) in [5.41, 5.74) is 3.13. The maximum atomic E-state index is 12.9. The Bertz CT molecular complexity index is 1080. The van der Waals surface area contributed by atoms with Gasteiger partial charge in [-0.15, -0.1) is 0 Å². The first-order valence-corrected chi connectivity index (χ1v) is 12.2. The number of ether oxygens (including phenoxy) is 1. The van der Waals surface area contributed by atoms with E-state index in [0.29, 0.717) is 42.9 Å². The molecule has 1 atom stereocenters. The van der Waals surface area contributed by atoms with E-state index in [4.69, 9.17) is 4.74 Å². The van der Waals surface area contributed by atoms with Crippen LogP contribution in [0.25, 0.3) is 0 Å². The third-order valence-electron chi connectivity index (χ3n) is 5.75. The van der Waals surface area contributed by atoms with E-state index >= 15 is 0 Å². The number of nitrogens with one attached hydrogen (secondary N) is 1. The number of hydrogen-bond donors (Lipinski definition) is 1. The zero-order valence-corrected chi connectivity index (χ0v) is 19.5. The minimum atomic E-state index is -3.61. The fourth-order valence-corrected chi connectivity index (χ4v) is 5.75. The highest BCUT2D eigenvalue weighted by Gasteiger charge is 2.28. The molecule has 1 aliphatic rings. The van der Waals surface area contributed by atoms with E-state index in [1.165, 1.54) is 0 Å². The molecular formula is C24H29N3O4S. The summed E-state index contributed by atoms with van der Waals surface area (Å²) in [6.45, 7) is 6.80. The average molecular weight is 456 g/mol. The summed E-state index contributed by atoms with van der Waals surface area (Å²) >= 11 is 0. The average Bonchev–Trinajstić information content (AvgIpc) is 2.76. The number of sulfonamides is 1. The molecule has 8 heteroatoms. The van der Waals surface area contributed by atoms with Crippen LogP contribution in [0.3, 0.4) is 0 Å². The van der Waals surface area contributed by atoms with Crippen molar-refractivity contribution in [3.8, 4) is 6.07 Å². The monoisotopic (exact) mass is 455 g/mol. The number of benzene rings is 2. The normalized spacial score (nSPS) is 15.8. The molecule has 1 aliphatic heterocycles. The minimum Gasteiger partial charge on any atom is -0.426 e. The number of nitriles is 1. The van der Waals surface area contributed by atoms with Crippen LogP contribution < -0.4 is 4.72 Å². The number of aryl methyl sites for hydroxylation is 3. The van der Waals surface area contributed by atoms with Gasteiger partial charge in [0.25, 0.3) is 0 Å². The second kappa shape index (κ2) is 10.2. The molecule has 1 heterocycles. The number of carbonyl (C=O) groups excluding carboxylic acids is 1. The predicted octanol–water partition coefficient (Wildman–Crippen LogP) is 4.00. The van der Waals surface area contributed by atoms with Crippen LogP contribution in [-0.4, -0.2) is 39.0 Å². The fraction of sp³-hybridized carbons (Fsp3) is 0.417. The maximum Gasteiger partial charge on any atom is 0.411 e. The van der Waals surface area contributed by atoms with Gasteiger partial charge in [-0.3, -0.25) is 0 Å². The first kappa shape index (κ1) is 23.8. The summed E-state index contributed by atoms with van der Waals surface area (Å²) in [5, 5.41) is 9.35. The Morgan fingerprint density at radius 3 is 2.31 bits per heavy atom. The molecule has 1 fully saturated rings. The van der Waals surface area contributed by atoms with E-state index in [9.17, 15) is 18.5 Å². The molecule has 2 aromatic rings. The Morgan fingerprint density at radius 2 is 1.75 bits per heavy atom. The van der Waals surface area contributed by atoms with Crippen LogP contribution in [0.4, 0.5) is 4.79 Å². The van der Waals surface area contributed by atoms with Gasteiger partial charge < -0.3 is 9.64 Å². The highest BCUT2D eigenvalue weighted by molar-refractivity contribution is 7.89. The van der Waals surface area contributed by atoms with Crippen molar-refractivity contribution in [3.05, 3.63) is 64.7 Å². The quantitative estimate of drug-likeness (QED) is 0.710. The molecule has 0 aliphatic carbocycles. The number of likely N-dealkylation sites (tertiary alicyclic amines) is 1. The lowest BCUT2D eigenvalue weighted by molar-refractivity contribution is 0.0705. The van der Waals surface area contributed by atoms with Gasteiger partial charge in [-0.1, -0.05) is 48.0 Å².